The molecule has 0 saturated heterocycles. The first-order valence-electron chi connectivity index (χ1n) is 10.5. The van der Waals surface area contributed by atoms with Crippen LogP contribution in [0.15, 0.2) is 47.6 Å². The van der Waals surface area contributed by atoms with Crippen LogP contribution < -0.4 is 10.2 Å². The largest absolute Gasteiger partial charge is 0.484 e. The second kappa shape index (κ2) is 10.4. The van der Waals surface area contributed by atoms with Crippen LogP contribution in [0.2, 0.25) is 5.02 Å². The first kappa shape index (κ1) is 24.1. The maximum Gasteiger partial charge on any atom is 0.337 e. The average molecular weight is 468 g/mol. The van der Waals surface area contributed by atoms with Crippen LogP contribution in [-0.2, 0) is 11.2 Å². The molecule has 0 unspecified atom stereocenters. The molecule has 172 valence electrons. The van der Waals surface area contributed by atoms with Crippen molar-refractivity contribution >= 4 is 29.7 Å². The molecule has 0 aliphatic carbocycles. The van der Waals surface area contributed by atoms with E-state index in [-0.39, 0.29) is 23.1 Å². The van der Waals surface area contributed by atoms with Crippen molar-refractivity contribution in [1.82, 2.24) is 9.99 Å². The zero-order valence-electron chi connectivity index (χ0n) is 19.0. The number of hydrogen-bond donors (Lipinski definition) is 2. The van der Waals surface area contributed by atoms with Gasteiger partial charge in [-0.05, 0) is 74.7 Å². The number of carboxylic acids is 1. The summed E-state index contributed by atoms with van der Waals surface area (Å²) in [5.41, 5.74) is 7.91. The zero-order valence-corrected chi connectivity index (χ0v) is 19.7. The van der Waals surface area contributed by atoms with E-state index in [2.05, 4.69) is 23.5 Å². The number of nitrogens with one attached hydrogen (secondary N) is 1. The number of aromatic nitrogens is 1. The van der Waals surface area contributed by atoms with Gasteiger partial charge in [0.15, 0.2) is 6.61 Å². The van der Waals surface area contributed by atoms with Gasteiger partial charge in [0.05, 0.1) is 16.8 Å². The second-order valence-corrected chi connectivity index (χ2v) is 8.13. The van der Waals surface area contributed by atoms with Crippen LogP contribution in [-0.4, -0.2) is 34.4 Å². The summed E-state index contributed by atoms with van der Waals surface area (Å²) in [5.74, 6) is -0.811. The third-order valence-corrected chi connectivity index (χ3v) is 5.52. The highest BCUT2D eigenvalue weighted by Crippen LogP contribution is 2.24. The van der Waals surface area contributed by atoms with E-state index in [1.807, 2.05) is 43.5 Å². The van der Waals surface area contributed by atoms with E-state index in [4.69, 9.17) is 16.3 Å². The summed E-state index contributed by atoms with van der Waals surface area (Å²) in [5, 5.41) is 13.6. The number of carboxylic acid groups (broad SMARTS) is 1. The van der Waals surface area contributed by atoms with E-state index in [1.165, 1.54) is 6.07 Å². The maximum atomic E-state index is 12.1. The van der Waals surface area contributed by atoms with Crippen LogP contribution in [0.3, 0.4) is 0 Å². The Labute approximate surface area is 197 Å². The monoisotopic (exact) mass is 467 g/mol. The predicted molar refractivity (Wildman–Crippen MR) is 129 cm³/mol. The molecular weight excluding hydrogens is 442 g/mol. The number of aryl methyl sites for hydroxylation is 3. The van der Waals surface area contributed by atoms with E-state index in [0.29, 0.717) is 11.4 Å². The fourth-order valence-electron chi connectivity index (χ4n) is 3.60. The average Bonchev–Trinajstić information content (AvgIpc) is 3.05. The van der Waals surface area contributed by atoms with Crippen LogP contribution in [0.25, 0.3) is 5.69 Å². The van der Waals surface area contributed by atoms with Gasteiger partial charge in [0, 0.05) is 22.6 Å². The van der Waals surface area contributed by atoms with Gasteiger partial charge >= 0.3 is 5.97 Å². The highest BCUT2D eigenvalue weighted by molar-refractivity contribution is 6.33. The minimum Gasteiger partial charge on any atom is -0.484 e. The van der Waals surface area contributed by atoms with Crippen molar-refractivity contribution in [2.45, 2.75) is 34.1 Å². The fourth-order valence-corrected chi connectivity index (χ4v) is 3.80. The molecule has 2 N–H and O–H groups in total. The van der Waals surface area contributed by atoms with Crippen molar-refractivity contribution in [3.63, 3.8) is 0 Å². The Balaban J connectivity index is 1.68. The molecule has 1 amide bonds. The summed E-state index contributed by atoms with van der Waals surface area (Å²) < 4.78 is 7.49. The summed E-state index contributed by atoms with van der Waals surface area (Å²) in [6, 6.07) is 12.6. The summed E-state index contributed by atoms with van der Waals surface area (Å²) in [6.07, 6.45) is 2.44. The summed E-state index contributed by atoms with van der Waals surface area (Å²) in [6.45, 7) is 7.69. The summed E-state index contributed by atoms with van der Waals surface area (Å²) >= 11 is 5.99. The van der Waals surface area contributed by atoms with Crippen molar-refractivity contribution in [2.24, 2.45) is 5.10 Å². The molecule has 0 saturated carbocycles. The number of hydrogen-bond acceptors (Lipinski definition) is 4. The maximum absolute atomic E-state index is 12.1. The lowest BCUT2D eigenvalue weighted by Gasteiger charge is -2.11. The lowest BCUT2D eigenvalue weighted by Crippen LogP contribution is -2.24. The van der Waals surface area contributed by atoms with Crippen molar-refractivity contribution in [2.75, 3.05) is 6.61 Å². The standard InChI is InChI=1S/C25H26ClN3O4/c1-5-18-8-15(2)9-21(11-18)33-14-24(30)28-27-13-19-10-16(3)29(17(19)4)20-6-7-23(26)22(12-20)25(31)32/h6-13H,5,14H2,1-4H3,(H,28,30)(H,31,32)/b27-13+. The minimum atomic E-state index is -1.09. The van der Waals surface area contributed by atoms with E-state index in [9.17, 15) is 14.7 Å². The van der Waals surface area contributed by atoms with Gasteiger partial charge in [-0.3, -0.25) is 4.79 Å². The molecular formula is C25H26ClN3O4. The lowest BCUT2D eigenvalue weighted by molar-refractivity contribution is -0.123. The van der Waals surface area contributed by atoms with E-state index >= 15 is 0 Å². The second-order valence-electron chi connectivity index (χ2n) is 7.72. The molecule has 3 rings (SSSR count). The van der Waals surface area contributed by atoms with Crippen LogP contribution in [0.1, 0.15) is 45.4 Å². The Morgan fingerprint density at radius 2 is 1.91 bits per heavy atom. The molecule has 33 heavy (non-hydrogen) atoms. The van der Waals surface area contributed by atoms with Crippen molar-refractivity contribution in [1.29, 1.82) is 0 Å². The Kier molecular flexibility index (Phi) is 7.55. The van der Waals surface area contributed by atoms with Crippen molar-refractivity contribution in [3.8, 4) is 11.4 Å². The molecule has 8 heteroatoms. The molecule has 1 heterocycles. The highest BCUT2D eigenvalue weighted by atomic mass is 35.5. The van der Waals surface area contributed by atoms with E-state index in [0.717, 1.165) is 34.5 Å². The number of nitrogens with zero attached hydrogens (tertiary/aromatic N) is 2. The number of benzene rings is 2. The number of halogens is 1. The topological polar surface area (TPSA) is 92.9 Å². The number of amides is 1. The van der Waals surface area contributed by atoms with Crippen LogP contribution in [0.5, 0.6) is 5.75 Å². The Morgan fingerprint density at radius 3 is 2.61 bits per heavy atom. The number of hydrazone groups is 1. The normalized spacial score (nSPS) is 11.1. The minimum absolute atomic E-state index is 0.0313. The molecule has 1 aromatic heterocycles. The van der Waals surface area contributed by atoms with Gasteiger partial charge in [0.2, 0.25) is 0 Å². The van der Waals surface area contributed by atoms with Gasteiger partial charge < -0.3 is 14.4 Å². The third kappa shape index (κ3) is 5.81. The van der Waals surface area contributed by atoms with Crippen molar-refractivity contribution in [3.05, 3.63) is 81.1 Å². The van der Waals surface area contributed by atoms with Gasteiger partial charge in [-0.15, -0.1) is 0 Å². The van der Waals surface area contributed by atoms with Gasteiger partial charge in [0.25, 0.3) is 5.91 Å². The summed E-state index contributed by atoms with van der Waals surface area (Å²) in [7, 11) is 0. The number of aromatic carboxylic acids is 1. The van der Waals surface area contributed by atoms with Crippen LogP contribution >= 0.6 is 11.6 Å². The van der Waals surface area contributed by atoms with Crippen LogP contribution in [0.4, 0.5) is 0 Å². The molecule has 3 aromatic rings. The van der Waals surface area contributed by atoms with Gasteiger partial charge in [0.1, 0.15) is 5.75 Å². The molecule has 0 spiro atoms. The highest BCUT2D eigenvalue weighted by Gasteiger charge is 2.14. The molecule has 0 fully saturated rings. The van der Waals surface area contributed by atoms with E-state index < -0.39 is 5.97 Å². The number of carbonyl (C=O) groups excluding carboxylic acids is 1. The molecule has 0 atom stereocenters. The zero-order chi connectivity index (χ0) is 24.1. The Morgan fingerprint density at radius 1 is 1.15 bits per heavy atom. The molecule has 7 nitrogen and oxygen atoms in total. The van der Waals surface area contributed by atoms with Gasteiger partial charge in [-0.2, -0.15) is 5.10 Å². The van der Waals surface area contributed by atoms with E-state index in [1.54, 1.807) is 18.3 Å². The lowest BCUT2D eigenvalue weighted by atomic mass is 10.1. The first-order valence-corrected chi connectivity index (χ1v) is 10.8. The molecule has 0 aliphatic heterocycles. The Bertz CT molecular complexity index is 1230. The quantitative estimate of drug-likeness (QED) is 0.366. The first-order chi connectivity index (χ1) is 15.7. The molecule has 2 aromatic carbocycles. The predicted octanol–water partition coefficient (Wildman–Crippen LogP) is 4.85. The Hall–Kier alpha value is -3.58. The van der Waals surface area contributed by atoms with Crippen molar-refractivity contribution < 1.29 is 19.4 Å². The fraction of sp³-hybridized carbons (Fsp3) is 0.240. The van der Waals surface area contributed by atoms with Gasteiger partial charge in [-0.1, -0.05) is 24.6 Å². The number of carbonyl (C=O) groups is 2. The van der Waals surface area contributed by atoms with Crippen LogP contribution in [0, 0.1) is 20.8 Å². The summed E-state index contributed by atoms with van der Waals surface area (Å²) in [4.78, 5) is 23.5. The number of rotatable bonds is 8. The number of ether oxygens (including phenoxy) is 1. The molecule has 0 bridgehead atoms. The smallest absolute Gasteiger partial charge is 0.337 e. The SMILES string of the molecule is CCc1cc(C)cc(OCC(=O)N/N=C/c2cc(C)n(-c3ccc(Cl)c(C(=O)O)c3)c2C)c1. The molecule has 0 aliphatic rings. The molecule has 0 radical (unpaired) electrons. The van der Waals surface area contributed by atoms with Gasteiger partial charge in [-0.25, -0.2) is 10.2 Å². The third-order valence-electron chi connectivity index (χ3n) is 5.19.